The Balaban J connectivity index is 1.84. The average molecular weight is 301 g/mol. The van der Waals surface area contributed by atoms with Gasteiger partial charge in [-0.2, -0.15) is 0 Å². The van der Waals surface area contributed by atoms with Crippen LogP contribution in [0.3, 0.4) is 0 Å². The first-order valence-electron chi connectivity index (χ1n) is 10.2. The summed E-state index contributed by atoms with van der Waals surface area (Å²) >= 11 is 0. The lowest BCUT2D eigenvalue weighted by atomic mass is 9.48. The standard InChI is InChI=1S/C20H24O2/c1-12-10-14-15-4-5-18(22)20(15,3)9-7-16(14)19(2)8-6-13(21)11-17(12)19/h6,8,11,14-16H,1,4-5,7,9-10H2,2-3H3/t14-,15-,16-,19+,20-/m0/s1/i1+1D2,5D2. The molecular weight excluding hydrogens is 273 g/mol. The predicted molar refractivity (Wildman–Crippen MR) is 86.1 cm³/mol. The van der Waals surface area contributed by atoms with Gasteiger partial charge in [-0.25, -0.2) is 0 Å². The van der Waals surface area contributed by atoms with Gasteiger partial charge in [0, 0.05) is 19.9 Å². The first-order valence-corrected chi connectivity index (χ1v) is 8.18. The molecule has 3 fully saturated rings. The van der Waals surface area contributed by atoms with Gasteiger partial charge in [0.1, 0.15) is 5.78 Å². The molecule has 0 N–H and O–H groups in total. The number of allylic oxidation sites excluding steroid dienone is 5. The minimum Gasteiger partial charge on any atom is -0.299 e. The molecule has 4 aliphatic carbocycles. The first-order chi connectivity index (χ1) is 12.0. The lowest BCUT2D eigenvalue weighted by Crippen LogP contribution is -2.50. The second-order valence-electron chi connectivity index (χ2n) is 7.80. The molecule has 2 nitrogen and oxygen atoms in total. The molecule has 5 atom stereocenters. The van der Waals surface area contributed by atoms with Crippen LogP contribution in [-0.2, 0) is 9.59 Å². The van der Waals surface area contributed by atoms with Crippen LogP contribution in [-0.4, -0.2) is 11.6 Å². The van der Waals surface area contributed by atoms with Gasteiger partial charge in [-0.3, -0.25) is 9.59 Å². The number of rotatable bonds is 0. The van der Waals surface area contributed by atoms with Gasteiger partial charge in [0.2, 0.25) is 0 Å². The SMILES string of the molecule is [2H][13C]([2H])=C1C[C@@H]2[C@H](CC[C@]3(C)C(=O)C([2H])([2H])C[C@@H]23)[C@@]2(C)C=CC(=O)C=C12. The van der Waals surface area contributed by atoms with Crippen molar-refractivity contribution < 1.29 is 15.1 Å². The summed E-state index contributed by atoms with van der Waals surface area (Å²) < 4.78 is 32.2. The molecule has 22 heavy (non-hydrogen) atoms. The second-order valence-corrected chi connectivity index (χ2v) is 7.80. The molecule has 0 aromatic rings. The second kappa shape index (κ2) is 4.31. The zero-order chi connectivity index (χ0) is 19.1. The number of Topliss-reactive ketones (excluding diaryl/α,β-unsaturated/α-hetero) is 1. The van der Waals surface area contributed by atoms with Crippen molar-refractivity contribution in [2.24, 2.45) is 28.6 Å². The van der Waals surface area contributed by atoms with Crippen molar-refractivity contribution >= 4 is 11.6 Å². The lowest BCUT2D eigenvalue weighted by molar-refractivity contribution is -0.131. The molecule has 0 aromatic heterocycles. The summed E-state index contributed by atoms with van der Waals surface area (Å²) in [6.45, 7) is 3.69. The monoisotopic (exact) mass is 301 g/mol. The Morgan fingerprint density at radius 2 is 2.14 bits per heavy atom. The highest BCUT2D eigenvalue weighted by Crippen LogP contribution is 2.64. The molecule has 0 unspecified atom stereocenters. The highest BCUT2D eigenvalue weighted by atomic mass is 16.1. The van der Waals surface area contributed by atoms with Gasteiger partial charge in [0.15, 0.2) is 5.78 Å². The average Bonchev–Trinajstić information content (AvgIpc) is 2.74. The van der Waals surface area contributed by atoms with Crippen LogP contribution in [0, 0.1) is 28.6 Å². The molecule has 0 aliphatic heterocycles. The van der Waals surface area contributed by atoms with Crippen molar-refractivity contribution in [2.45, 2.75) is 45.9 Å². The third-order valence-corrected chi connectivity index (χ3v) is 6.82. The third-order valence-electron chi connectivity index (χ3n) is 6.82. The van der Waals surface area contributed by atoms with Gasteiger partial charge in [0.25, 0.3) is 0 Å². The molecule has 0 radical (unpaired) electrons. The molecule has 116 valence electrons. The van der Waals surface area contributed by atoms with E-state index >= 15 is 0 Å². The molecule has 0 bridgehead atoms. The number of ketones is 2. The molecule has 0 amide bonds. The Labute approximate surface area is 138 Å². The Bertz CT molecular complexity index is 805. The number of hydrogen-bond donors (Lipinski definition) is 0. The van der Waals surface area contributed by atoms with Gasteiger partial charge in [-0.05, 0) is 61.2 Å². The fraction of sp³-hybridized carbons (Fsp3) is 0.600. The fourth-order valence-electron chi connectivity index (χ4n) is 5.47. The van der Waals surface area contributed by atoms with E-state index in [1.54, 1.807) is 12.2 Å². The van der Waals surface area contributed by atoms with E-state index < -0.39 is 17.2 Å². The number of fused-ring (bicyclic) bond motifs is 5. The number of carbonyl (C=O) groups excluding carboxylic acids is 2. The van der Waals surface area contributed by atoms with Gasteiger partial charge in [0.05, 0.1) is 2.74 Å². The summed E-state index contributed by atoms with van der Waals surface area (Å²) in [6, 6.07) is 0. The quantitative estimate of drug-likeness (QED) is 0.633. The summed E-state index contributed by atoms with van der Waals surface area (Å²) in [6.07, 6.45) is 5.43. The summed E-state index contributed by atoms with van der Waals surface area (Å²) in [4.78, 5) is 24.7. The number of carbonyl (C=O) groups is 2. The number of hydrogen-bond acceptors (Lipinski definition) is 2. The van der Waals surface area contributed by atoms with E-state index in [4.69, 9.17) is 5.48 Å². The molecule has 2 heteroatoms. The van der Waals surface area contributed by atoms with E-state index in [0.29, 0.717) is 18.4 Å². The molecule has 4 rings (SSSR count). The van der Waals surface area contributed by atoms with E-state index in [-0.39, 0.29) is 42.3 Å². The topological polar surface area (TPSA) is 34.1 Å². The molecule has 0 saturated heterocycles. The van der Waals surface area contributed by atoms with E-state index in [0.717, 1.165) is 12.0 Å². The van der Waals surface area contributed by atoms with E-state index in [2.05, 4.69) is 6.92 Å². The molecule has 4 aliphatic rings. The minimum absolute atomic E-state index is 0.0518. The predicted octanol–water partition coefficient (Wildman–Crippen LogP) is 4.03. The van der Waals surface area contributed by atoms with Gasteiger partial charge in [-0.15, -0.1) is 0 Å². The Morgan fingerprint density at radius 1 is 1.32 bits per heavy atom. The van der Waals surface area contributed by atoms with Crippen LogP contribution < -0.4 is 0 Å². The Hall–Kier alpha value is -1.44. The van der Waals surface area contributed by atoms with E-state index in [1.807, 2.05) is 13.0 Å². The normalized spacial score (nSPS) is 51.6. The molecule has 0 spiro atoms. The lowest BCUT2D eigenvalue weighted by Gasteiger charge is -2.56. The van der Waals surface area contributed by atoms with Crippen LogP contribution in [0.15, 0.2) is 35.9 Å². The Morgan fingerprint density at radius 3 is 2.91 bits per heavy atom. The van der Waals surface area contributed by atoms with Crippen molar-refractivity contribution in [3.05, 3.63) is 35.9 Å². The Kier molecular flexibility index (Phi) is 2.03. The van der Waals surface area contributed by atoms with Crippen LogP contribution >= 0.6 is 0 Å². The summed E-state index contributed by atoms with van der Waals surface area (Å²) in [5.41, 5.74) is 0.267. The summed E-state index contributed by atoms with van der Waals surface area (Å²) in [7, 11) is 0. The zero-order valence-corrected chi connectivity index (χ0v) is 13.1. The van der Waals surface area contributed by atoms with Gasteiger partial charge >= 0.3 is 0 Å². The zero-order valence-electron chi connectivity index (χ0n) is 17.1. The van der Waals surface area contributed by atoms with Crippen LogP contribution in [0.2, 0.25) is 0 Å². The molecular formula is C20H24O2. The minimum atomic E-state index is -1.79. The van der Waals surface area contributed by atoms with Crippen molar-refractivity contribution in [3.8, 4) is 0 Å². The van der Waals surface area contributed by atoms with Crippen LogP contribution in [0.5, 0.6) is 0 Å². The molecule has 3 saturated carbocycles. The van der Waals surface area contributed by atoms with Crippen LogP contribution in [0.25, 0.3) is 0 Å². The summed E-state index contributed by atoms with van der Waals surface area (Å²) in [5, 5.41) is 0. The van der Waals surface area contributed by atoms with E-state index in [1.165, 1.54) is 0 Å². The maximum absolute atomic E-state index is 12.7. The first kappa shape index (κ1) is 10.4. The van der Waals surface area contributed by atoms with Crippen LogP contribution in [0.1, 0.15) is 51.4 Å². The van der Waals surface area contributed by atoms with Gasteiger partial charge in [-0.1, -0.05) is 32.0 Å². The van der Waals surface area contributed by atoms with Crippen molar-refractivity contribution in [1.29, 1.82) is 0 Å². The van der Waals surface area contributed by atoms with Crippen molar-refractivity contribution in [1.82, 2.24) is 0 Å². The molecule has 0 heterocycles. The molecule has 0 aromatic carbocycles. The summed E-state index contributed by atoms with van der Waals surface area (Å²) in [5.74, 6) is -0.223. The highest BCUT2D eigenvalue weighted by Gasteiger charge is 2.59. The highest BCUT2D eigenvalue weighted by molar-refractivity contribution is 6.02. The van der Waals surface area contributed by atoms with Crippen molar-refractivity contribution in [2.75, 3.05) is 0 Å². The smallest absolute Gasteiger partial charge is 0.178 e. The largest absolute Gasteiger partial charge is 0.299 e. The van der Waals surface area contributed by atoms with Crippen molar-refractivity contribution in [3.63, 3.8) is 0 Å². The third kappa shape index (κ3) is 1.61. The van der Waals surface area contributed by atoms with Gasteiger partial charge < -0.3 is 0 Å². The maximum Gasteiger partial charge on any atom is 0.178 e. The maximum atomic E-state index is 12.7. The fourth-order valence-corrected chi connectivity index (χ4v) is 5.47. The van der Waals surface area contributed by atoms with Crippen LogP contribution in [0.4, 0.5) is 0 Å². The van der Waals surface area contributed by atoms with E-state index in [9.17, 15) is 9.59 Å².